The van der Waals surface area contributed by atoms with Crippen molar-refractivity contribution in [1.82, 2.24) is 9.97 Å². The Labute approximate surface area is 124 Å². The van der Waals surface area contributed by atoms with Crippen molar-refractivity contribution < 1.29 is 0 Å². The molecule has 3 nitrogen and oxygen atoms in total. The molecule has 0 radical (unpaired) electrons. The first-order valence-corrected chi connectivity index (χ1v) is 7.25. The Morgan fingerprint density at radius 2 is 2.05 bits per heavy atom. The van der Waals surface area contributed by atoms with E-state index in [9.17, 15) is 0 Å². The summed E-state index contributed by atoms with van der Waals surface area (Å²) in [5.74, 6) is 0.747. The highest BCUT2D eigenvalue weighted by atomic mass is 35.5. The van der Waals surface area contributed by atoms with Gasteiger partial charge in [0.2, 0.25) is 5.28 Å². The summed E-state index contributed by atoms with van der Waals surface area (Å²) >= 11 is 13.4. The smallest absolute Gasteiger partial charge is 0.225 e. The van der Waals surface area contributed by atoms with Gasteiger partial charge in [0.1, 0.15) is 10.6 Å². The summed E-state index contributed by atoms with van der Waals surface area (Å²) in [6.45, 7) is 0.638. The number of hydrogen-bond acceptors (Lipinski definition) is 4. The van der Waals surface area contributed by atoms with Crippen LogP contribution in [0.3, 0.4) is 0 Å². The summed E-state index contributed by atoms with van der Waals surface area (Å²) in [6, 6.07) is 9.68. The van der Waals surface area contributed by atoms with Gasteiger partial charge < -0.3 is 5.32 Å². The fraction of sp³-hybridized carbons (Fsp3) is 0.0769. The molecule has 96 valence electrons. The summed E-state index contributed by atoms with van der Waals surface area (Å²) < 4.78 is 0. The van der Waals surface area contributed by atoms with E-state index in [4.69, 9.17) is 23.2 Å². The second-order valence-corrected chi connectivity index (χ2v) is 5.63. The number of nitrogens with one attached hydrogen (secondary N) is 1. The summed E-state index contributed by atoms with van der Waals surface area (Å²) in [5, 5.41) is 7.20. The third-order valence-corrected chi connectivity index (χ3v) is 3.86. The molecule has 0 amide bonds. The molecule has 19 heavy (non-hydrogen) atoms. The Bertz CT molecular complexity index is 727. The first-order valence-electron chi connectivity index (χ1n) is 5.61. The Morgan fingerprint density at radius 3 is 2.89 bits per heavy atom. The highest BCUT2D eigenvalue weighted by molar-refractivity contribution is 7.16. The summed E-state index contributed by atoms with van der Waals surface area (Å²) in [5.41, 5.74) is 1.09. The van der Waals surface area contributed by atoms with Crippen LogP contribution in [0.15, 0.2) is 35.7 Å². The van der Waals surface area contributed by atoms with E-state index in [1.54, 1.807) is 11.3 Å². The van der Waals surface area contributed by atoms with Gasteiger partial charge in [0.15, 0.2) is 0 Å². The van der Waals surface area contributed by atoms with E-state index in [1.807, 2.05) is 35.7 Å². The summed E-state index contributed by atoms with van der Waals surface area (Å²) in [6.07, 6.45) is 0. The monoisotopic (exact) mass is 309 g/mol. The molecule has 0 bridgehead atoms. The van der Waals surface area contributed by atoms with E-state index in [1.165, 1.54) is 0 Å². The van der Waals surface area contributed by atoms with E-state index in [0.717, 1.165) is 26.6 Å². The van der Waals surface area contributed by atoms with E-state index >= 15 is 0 Å². The Morgan fingerprint density at radius 1 is 1.16 bits per heavy atom. The van der Waals surface area contributed by atoms with Crippen molar-refractivity contribution in [3.8, 4) is 0 Å². The normalized spacial score (nSPS) is 10.8. The molecule has 0 unspecified atom stereocenters. The van der Waals surface area contributed by atoms with Gasteiger partial charge in [0.05, 0.1) is 5.39 Å². The third-order valence-electron chi connectivity index (χ3n) is 2.65. The fourth-order valence-corrected chi connectivity index (χ4v) is 2.99. The zero-order valence-electron chi connectivity index (χ0n) is 9.73. The van der Waals surface area contributed by atoms with Crippen molar-refractivity contribution in [3.63, 3.8) is 0 Å². The van der Waals surface area contributed by atoms with Crippen LogP contribution in [-0.2, 0) is 6.54 Å². The molecular formula is C13H9Cl2N3S. The number of hydrogen-bond donors (Lipinski definition) is 1. The highest BCUT2D eigenvalue weighted by Gasteiger charge is 2.07. The maximum atomic E-state index is 5.96. The number of aromatic nitrogens is 2. The quantitative estimate of drug-likeness (QED) is 0.718. The van der Waals surface area contributed by atoms with E-state index in [-0.39, 0.29) is 5.28 Å². The molecule has 1 aromatic carbocycles. The van der Waals surface area contributed by atoms with Gasteiger partial charge >= 0.3 is 0 Å². The minimum atomic E-state index is 0.253. The van der Waals surface area contributed by atoms with Crippen molar-refractivity contribution in [2.24, 2.45) is 0 Å². The third kappa shape index (κ3) is 2.81. The Kier molecular flexibility index (Phi) is 3.55. The maximum absolute atomic E-state index is 5.96. The molecule has 0 saturated heterocycles. The number of nitrogens with zero attached hydrogens (tertiary/aromatic N) is 2. The molecule has 0 saturated carbocycles. The summed E-state index contributed by atoms with van der Waals surface area (Å²) in [7, 11) is 0. The molecule has 0 aliphatic rings. The lowest BCUT2D eigenvalue weighted by molar-refractivity contribution is 1.11. The molecule has 0 atom stereocenters. The number of benzene rings is 1. The van der Waals surface area contributed by atoms with Gasteiger partial charge in [-0.2, -0.15) is 0 Å². The molecule has 2 heterocycles. The summed E-state index contributed by atoms with van der Waals surface area (Å²) in [4.78, 5) is 9.29. The van der Waals surface area contributed by atoms with Crippen molar-refractivity contribution in [1.29, 1.82) is 0 Å². The molecular weight excluding hydrogens is 301 g/mol. The van der Waals surface area contributed by atoms with Crippen LogP contribution in [-0.4, -0.2) is 9.97 Å². The predicted molar refractivity (Wildman–Crippen MR) is 81.2 cm³/mol. The molecule has 2 aromatic heterocycles. The van der Waals surface area contributed by atoms with Crippen molar-refractivity contribution >= 4 is 50.6 Å². The number of fused-ring (bicyclic) bond motifs is 1. The second-order valence-electron chi connectivity index (χ2n) is 3.96. The molecule has 0 spiro atoms. The number of thiophene rings is 1. The lowest BCUT2D eigenvalue weighted by Crippen LogP contribution is -2.02. The lowest BCUT2D eigenvalue weighted by Gasteiger charge is -2.07. The van der Waals surface area contributed by atoms with Gasteiger partial charge in [0.25, 0.3) is 0 Å². The number of rotatable bonds is 3. The maximum Gasteiger partial charge on any atom is 0.225 e. The van der Waals surface area contributed by atoms with Crippen LogP contribution in [0.2, 0.25) is 10.3 Å². The fourth-order valence-electron chi connectivity index (χ4n) is 1.80. The molecule has 0 aliphatic carbocycles. The predicted octanol–water partition coefficient (Wildman–Crippen LogP) is 4.61. The van der Waals surface area contributed by atoms with Crippen LogP contribution in [0.1, 0.15) is 5.56 Å². The van der Waals surface area contributed by atoms with Crippen LogP contribution in [0.5, 0.6) is 0 Å². The molecule has 1 N–H and O–H groups in total. The standard InChI is InChI=1S/C13H9Cl2N3S/c14-9-3-1-2-8(6-9)7-16-11-10-4-5-19-12(10)18-13(15)17-11/h1-6H,7H2,(H,16,17,18). The average Bonchev–Trinajstić information content (AvgIpc) is 2.84. The first-order chi connectivity index (χ1) is 9.22. The van der Waals surface area contributed by atoms with Crippen LogP contribution in [0.25, 0.3) is 10.2 Å². The SMILES string of the molecule is Clc1cccc(CNc2nc(Cl)nc3sccc23)c1. The van der Waals surface area contributed by atoms with Gasteiger partial charge in [-0.1, -0.05) is 23.7 Å². The molecule has 3 rings (SSSR count). The van der Waals surface area contributed by atoms with Crippen molar-refractivity contribution in [2.75, 3.05) is 5.32 Å². The number of anilines is 1. The Balaban J connectivity index is 1.87. The minimum absolute atomic E-state index is 0.253. The van der Waals surface area contributed by atoms with Crippen LogP contribution >= 0.6 is 34.5 Å². The van der Waals surface area contributed by atoms with Gasteiger partial charge in [0, 0.05) is 11.6 Å². The zero-order chi connectivity index (χ0) is 13.2. The molecule has 6 heteroatoms. The second kappa shape index (κ2) is 5.33. The van der Waals surface area contributed by atoms with Gasteiger partial charge in [-0.25, -0.2) is 9.97 Å². The number of halogens is 2. The van der Waals surface area contributed by atoms with Gasteiger partial charge in [-0.05, 0) is 40.7 Å². The average molecular weight is 310 g/mol. The van der Waals surface area contributed by atoms with E-state index in [0.29, 0.717) is 6.54 Å². The van der Waals surface area contributed by atoms with Crippen LogP contribution in [0, 0.1) is 0 Å². The Hall–Kier alpha value is -1.36. The van der Waals surface area contributed by atoms with E-state index in [2.05, 4.69) is 15.3 Å². The lowest BCUT2D eigenvalue weighted by atomic mass is 10.2. The van der Waals surface area contributed by atoms with Crippen molar-refractivity contribution in [3.05, 3.63) is 51.6 Å². The van der Waals surface area contributed by atoms with Gasteiger partial charge in [-0.15, -0.1) is 11.3 Å². The zero-order valence-corrected chi connectivity index (χ0v) is 12.1. The van der Waals surface area contributed by atoms with Crippen molar-refractivity contribution in [2.45, 2.75) is 6.54 Å². The molecule has 3 aromatic rings. The van der Waals surface area contributed by atoms with Crippen LogP contribution in [0.4, 0.5) is 5.82 Å². The van der Waals surface area contributed by atoms with Gasteiger partial charge in [-0.3, -0.25) is 0 Å². The molecule has 0 fully saturated rings. The first kappa shape index (κ1) is 12.7. The van der Waals surface area contributed by atoms with E-state index < -0.39 is 0 Å². The topological polar surface area (TPSA) is 37.8 Å². The highest BCUT2D eigenvalue weighted by Crippen LogP contribution is 2.26. The van der Waals surface area contributed by atoms with Crippen LogP contribution < -0.4 is 5.32 Å². The molecule has 0 aliphatic heterocycles. The minimum Gasteiger partial charge on any atom is -0.365 e. The largest absolute Gasteiger partial charge is 0.365 e.